The third-order valence-electron chi connectivity index (χ3n) is 3.05. The van der Waals surface area contributed by atoms with Crippen molar-refractivity contribution in [2.45, 2.75) is 51.7 Å². The second-order valence-electron chi connectivity index (χ2n) is 4.56. The largest absolute Gasteiger partial charge is 0.466 e. The molecule has 1 saturated carbocycles. The van der Waals surface area contributed by atoms with Gasteiger partial charge in [-0.05, 0) is 39.5 Å². The topological polar surface area (TPSA) is 58.6 Å². The van der Waals surface area contributed by atoms with Crippen molar-refractivity contribution in [1.82, 2.24) is 5.32 Å². The van der Waals surface area contributed by atoms with Gasteiger partial charge in [0.25, 0.3) is 0 Å². The van der Waals surface area contributed by atoms with Crippen LogP contribution in [0.25, 0.3) is 0 Å². The van der Waals surface area contributed by atoms with Gasteiger partial charge in [0.1, 0.15) is 0 Å². The Balaban J connectivity index is 2.20. The molecule has 1 fully saturated rings. The highest BCUT2D eigenvalue weighted by molar-refractivity contribution is 5.72. The van der Waals surface area contributed by atoms with Crippen LogP contribution >= 0.6 is 0 Å². The van der Waals surface area contributed by atoms with Gasteiger partial charge < -0.3 is 15.2 Å². The molecule has 16 heavy (non-hydrogen) atoms. The Morgan fingerprint density at radius 1 is 1.44 bits per heavy atom. The molecule has 0 bridgehead atoms. The zero-order chi connectivity index (χ0) is 12.0. The molecule has 0 saturated heterocycles. The quantitative estimate of drug-likeness (QED) is 0.693. The summed E-state index contributed by atoms with van der Waals surface area (Å²) in [5.74, 6) is 0.0426. The highest BCUT2D eigenvalue weighted by Gasteiger charge is 2.26. The van der Waals surface area contributed by atoms with E-state index < -0.39 is 0 Å². The highest BCUT2D eigenvalue weighted by Crippen LogP contribution is 2.25. The number of rotatable bonds is 5. The van der Waals surface area contributed by atoms with Crippen molar-refractivity contribution in [1.29, 1.82) is 0 Å². The Kier molecular flexibility index (Phi) is 5.77. The molecule has 1 rings (SSSR count). The molecule has 0 spiro atoms. The molecule has 0 aromatic rings. The first-order valence-electron chi connectivity index (χ1n) is 6.21. The van der Waals surface area contributed by atoms with Gasteiger partial charge in [0, 0.05) is 12.6 Å². The van der Waals surface area contributed by atoms with Crippen molar-refractivity contribution in [2.24, 2.45) is 5.92 Å². The summed E-state index contributed by atoms with van der Waals surface area (Å²) in [6.45, 7) is 4.72. The number of carbonyl (C=O) groups excluding carboxylic acids is 1. The van der Waals surface area contributed by atoms with Crippen LogP contribution < -0.4 is 5.32 Å². The van der Waals surface area contributed by atoms with Crippen molar-refractivity contribution in [3.63, 3.8) is 0 Å². The van der Waals surface area contributed by atoms with Gasteiger partial charge >= 0.3 is 5.97 Å². The minimum atomic E-state index is -0.303. The second-order valence-corrected chi connectivity index (χ2v) is 4.56. The van der Waals surface area contributed by atoms with Crippen molar-refractivity contribution in [2.75, 3.05) is 13.2 Å². The van der Waals surface area contributed by atoms with E-state index in [1.54, 1.807) is 6.92 Å². The average Bonchev–Trinajstić information content (AvgIpc) is 2.27. The Labute approximate surface area is 97.4 Å². The maximum Gasteiger partial charge on any atom is 0.308 e. The Bertz CT molecular complexity index is 210. The first-order valence-corrected chi connectivity index (χ1v) is 6.21. The number of esters is 1. The van der Waals surface area contributed by atoms with E-state index in [0.717, 1.165) is 25.7 Å². The van der Waals surface area contributed by atoms with E-state index >= 15 is 0 Å². The molecule has 0 aliphatic heterocycles. The lowest BCUT2D eigenvalue weighted by Gasteiger charge is -2.28. The van der Waals surface area contributed by atoms with Gasteiger partial charge in [-0.15, -0.1) is 0 Å². The molecule has 1 aliphatic carbocycles. The summed E-state index contributed by atoms with van der Waals surface area (Å²) in [5.41, 5.74) is 0. The third kappa shape index (κ3) is 4.49. The number of carbonyl (C=O) groups is 1. The van der Waals surface area contributed by atoms with E-state index in [4.69, 9.17) is 9.84 Å². The number of aliphatic hydroxyl groups is 1. The highest BCUT2D eigenvalue weighted by atomic mass is 16.5. The van der Waals surface area contributed by atoms with Crippen LogP contribution in [-0.4, -0.2) is 36.4 Å². The smallest absolute Gasteiger partial charge is 0.308 e. The van der Waals surface area contributed by atoms with Crippen LogP contribution in [0.2, 0.25) is 0 Å². The lowest BCUT2D eigenvalue weighted by atomic mass is 9.86. The molecule has 0 aromatic carbocycles. The summed E-state index contributed by atoms with van der Waals surface area (Å²) in [5, 5.41) is 12.5. The van der Waals surface area contributed by atoms with E-state index in [-0.39, 0.29) is 18.0 Å². The predicted octanol–water partition coefficient (Wildman–Crippen LogP) is 1.08. The first kappa shape index (κ1) is 13.5. The normalized spacial score (nSPS) is 27.4. The van der Waals surface area contributed by atoms with Crippen molar-refractivity contribution >= 4 is 5.97 Å². The number of nitrogens with one attached hydrogen (secondary N) is 1. The van der Waals surface area contributed by atoms with Crippen molar-refractivity contribution in [3.05, 3.63) is 0 Å². The van der Waals surface area contributed by atoms with Crippen LogP contribution in [-0.2, 0) is 9.53 Å². The first-order chi connectivity index (χ1) is 7.63. The molecule has 2 N–H and O–H groups in total. The Morgan fingerprint density at radius 3 is 2.56 bits per heavy atom. The molecular weight excluding hydrogens is 206 g/mol. The zero-order valence-corrected chi connectivity index (χ0v) is 10.2. The molecule has 1 aliphatic rings. The van der Waals surface area contributed by atoms with Gasteiger partial charge in [-0.25, -0.2) is 0 Å². The van der Waals surface area contributed by atoms with Gasteiger partial charge in [-0.1, -0.05) is 0 Å². The second kappa shape index (κ2) is 6.86. The lowest BCUT2D eigenvalue weighted by molar-refractivity contribution is -0.149. The number of hydrogen-bond acceptors (Lipinski definition) is 4. The fourth-order valence-electron chi connectivity index (χ4n) is 2.13. The monoisotopic (exact) mass is 229 g/mol. The Hall–Kier alpha value is -0.610. The summed E-state index contributed by atoms with van der Waals surface area (Å²) < 4.78 is 5.02. The van der Waals surface area contributed by atoms with Crippen molar-refractivity contribution in [3.8, 4) is 0 Å². The zero-order valence-electron chi connectivity index (χ0n) is 10.2. The van der Waals surface area contributed by atoms with Crippen LogP contribution in [0.15, 0.2) is 0 Å². The molecule has 0 radical (unpaired) electrons. The summed E-state index contributed by atoms with van der Waals surface area (Å²) >= 11 is 0. The maximum absolute atomic E-state index is 11.5. The number of ether oxygens (including phenoxy) is 1. The SMILES string of the molecule is CCOC(=O)C1CCC(NC[C@@H](C)O)CC1. The van der Waals surface area contributed by atoms with Crippen LogP contribution in [0.3, 0.4) is 0 Å². The van der Waals surface area contributed by atoms with E-state index in [1.807, 2.05) is 6.92 Å². The van der Waals surface area contributed by atoms with Crippen molar-refractivity contribution < 1.29 is 14.6 Å². The molecular formula is C12H23NO3. The molecule has 1 atom stereocenters. The van der Waals surface area contributed by atoms with Gasteiger partial charge in [0.15, 0.2) is 0 Å². The predicted molar refractivity (Wildman–Crippen MR) is 62.1 cm³/mol. The fraction of sp³-hybridized carbons (Fsp3) is 0.917. The van der Waals surface area contributed by atoms with Gasteiger partial charge in [-0.2, -0.15) is 0 Å². The minimum Gasteiger partial charge on any atom is -0.466 e. The van der Waals surface area contributed by atoms with Gasteiger partial charge in [0.2, 0.25) is 0 Å². The molecule has 0 aromatic heterocycles. The van der Waals surface area contributed by atoms with Crippen LogP contribution in [0.4, 0.5) is 0 Å². The van der Waals surface area contributed by atoms with Gasteiger partial charge in [0.05, 0.1) is 18.6 Å². The molecule has 0 amide bonds. The van der Waals surface area contributed by atoms with E-state index in [1.165, 1.54) is 0 Å². The molecule has 94 valence electrons. The Morgan fingerprint density at radius 2 is 2.06 bits per heavy atom. The summed E-state index contributed by atoms with van der Waals surface area (Å²) in [7, 11) is 0. The van der Waals surface area contributed by atoms with Crippen LogP contribution in [0.5, 0.6) is 0 Å². The number of aliphatic hydroxyl groups excluding tert-OH is 1. The standard InChI is InChI=1S/C12H23NO3/c1-3-16-12(15)10-4-6-11(7-5-10)13-8-9(2)14/h9-11,13-14H,3-8H2,1-2H3/t9-,10?,11?/m1/s1. The van der Waals surface area contributed by atoms with Crippen LogP contribution in [0.1, 0.15) is 39.5 Å². The molecule has 0 heterocycles. The summed E-state index contributed by atoms with van der Waals surface area (Å²) in [4.78, 5) is 11.5. The molecule has 4 nitrogen and oxygen atoms in total. The van der Waals surface area contributed by atoms with E-state index in [0.29, 0.717) is 19.2 Å². The molecule has 4 heteroatoms. The third-order valence-corrected chi connectivity index (χ3v) is 3.05. The van der Waals surface area contributed by atoms with E-state index in [2.05, 4.69) is 5.32 Å². The summed E-state index contributed by atoms with van der Waals surface area (Å²) in [6, 6.07) is 0.445. The fourth-order valence-corrected chi connectivity index (χ4v) is 2.13. The minimum absolute atomic E-state index is 0.0449. The summed E-state index contributed by atoms with van der Waals surface area (Å²) in [6.07, 6.45) is 3.49. The van der Waals surface area contributed by atoms with Gasteiger partial charge in [-0.3, -0.25) is 4.79 Å². The average molecular weight is 229 g/mol. The lowest BCUT2D eigenvalue weighted by Crippen LogP contribution is -2.38. The maximum atomic E-state index is 11.5. The van der Waals surface area contributed by atoms with E-state index in [9.17, 15) is 4.79 Å². The van der Waals surface area contributed by atoms with Crippen LogP contribution in [0, 0.1) is 5.92 Å². The molecule has 0 unspecified atom stereocenters. The number of hydrogen-bond donors (Lipinski definition) is 2.